The molecule has 16 heavy (non-hydrogen) atoms. The Morgan fingerprint density at radius 2 is 1.94 bits per heavy atom. The van der Waals surface area contributed by atoms with Crippen LogP contribution in [0.5, 0.6) is 0 Å². The van der Waals surface area contributed by atoms with Crippen molar-refractivity contribution < 1.29 is 12.8 Å². The average molecular weight is 265 g/mol. The molecule has 0 fully saturated rings. The van der Waals surface area contributed by atoms with Gasteiger partial charge >= 0.3 is 0 Å². The minimum absolute atomic E-state index is 0.211. The Morgan fingerprint density at radius 3 is 2.44 bits per heavy atom. The Hall–Kier alpha value is -0.610. The molecule has 0 N–H and O–H groups in total. The van der Waals surface area contributed by atoms with Crippen molar-refractivity contribution in [1.82, 2.24) is 0 Å². The van der Waals surface area contributed by atoms with Gasteiger partial charge in [0.15, 0.2) is 9.84 Å². The van der Waals surface area contributed by atoms with Crippen LogP contribution < -0.4 is 0 Å². The Bertz CT molecular complexity index is 459. The molecule has 0 saturated heterocycles. The van der Waals surface area contributed by atoms with Gasteiger partial charge in [-0.2, -0.15) is 0 Å². The molecule has 0 spiro atoms. The van der Waals surface area contributed by atoms with Crippen molar-refractivity contribution in [1.29, 1.82) is 0 Å². The fraction of sp³-hybridized carbons (Fsp3) is 0.455. The van der Waals surface area contributed by atoms with Crippen LogP contribution in [0.15, 0.2) is 24.3 Å². The second-order valence-electron chi connectivity index (χ2n) is 3.85. The van der Waals surface area contributed by atoms with Gasteiger partial charge < -0.3 is 0 Å². The van der Waals surface area contributed by atoms with Crippen molar-refractivity contribution in [3.63, 3.8) is 0 Å². The molecule has 2 nitrogen and oxygen atoms in total. The van der Waals surface area contributed by atoms with E-state index in [2.05, 4.69) is 0 Å². The van der Waals surface area contributed by atoms with Crippen molar-refractivity contribution in [2.45, 2.75) is 24.0 Å². The van der Waals surface area contributed by atoms with Crippen LogP contribution in [0.25, 0.3) is 0 Å². The number of hydrogen-bond donors (Lipinski definition) is 0. The molecular formula is C11H14ClFO2S. The van der Waals surface area contributed by atoms with Gasteiger partial charge in [0.1, 0.15) is 5.82 Å². The summed E-state index contributed by atoms with van der Waals surface area (Å²) in [5.41, 5.74) is 0.443. The molecule has 2 atom stereocenters. The number of halogens is 2. The standard InChI is InChI=1S/C11H14ClFO2S/c1-8(16(2,14)15)10(12)7-9-5-3-4-6-11(9)13/h3-6,8,10H,7H2,1-2H3. The van der Waals surface area contributed by atoms with Crippen molar-refractivity contribution in [3.05, 3.63) is 35.6 Å². The maximum atomic E-state index is 13.3. The van der Waals surface area contributed by atoms with Crippen LogP contribution >= 0.6 is 11.6 Å². The normalized spacial score (nSPS) is 15.8. The van der Waals surface area contributed by atoms with Gasteiger partial charge in [-0.05, 0) is 25.0 Å². The number of hydrogen-bond acceptors (Lipinski definition) is 2. The smallest absolute Gasteiger partial charge is 0.151 e. The largest absolute Gasteiger partial charge is 0.229 e. The molecule has 0 aromatic heterocycles. The summed E-state index contributed by atoms with van der Waals surface area (Å²) in [5.74, 6) is -0.353. The zero-order valence-corrected chi connectivity index (χ0v) is 10.7. The lowest BCUT2D eigenvalue weighted by Gasteiger charge is -2.16. The maximum absolute atomic E-state index is 13.3. The van der Waals surface area contributed by atoms with E-state index in [0.29, 0.717) is 5.56 Å². The number of benzene rings is 1. The average Bonchev–Trinajstić information content (AvgIpc) is 2.19. The van der Waals surface area contributed by atoms with Crippen LogP contribution in [0, 0.1) is 5.82 Å². The lowest BCUT2D eigenvalue weighted by molar-refractivity contribution is 0.578. The van der Waals surface area contributed by atoms with Gasteiger partial charge in [0.25, 0.3) is 0 Å². The summed E-state index contributed by atoms with van der Waals surface area (Å²) in [6, 6.07) is 6.24. The first kappa shape index (κ1) is 13.5. The third kappa shape index (κ3) is 3.46. The van der Waals surface area contributed by atoms with Crippen LogP contribution in [0.1, 0.15) is 12.5 Å². The quantitative estimate of drug-likeness (QED) is 0.783. The molecule has 0 bridgehead atoms. The maximum Gasteiger partial charge on any atom is 0.151 e. The van der Waals surface area contributed by atoms with Crippen molar-refractivity contribution in [2.75, 3.05) is 6.26 Å². The van der Waals surface area contributed by atoms with Crippen molar-refractivity contribution in [2.24, 2.45) is 0 Å². The van der Waals surface area contributed by atoms with E-state index in [1.54, 1.807) is 18.2 Å². The Morgan fingerprint density at radius 1 is 1.38 bits per heavy atom. The second kappa shape index (κ2) is 5.15. The monoisotopic (exact) mass is 264 g/mol. The highest BCUT2D eigenvalue weighted by molar-refractivity contribution is 7.91. The molecule has 0 radical (unpaired) electrons. The zero-order chi connectivity index (χ0) is 12.3. The number of alkyl halides is 1. The summed E-state index contributed by atoms with van der Waals surface area (Å²) in [6.07, 6.45) is 1.34. The first-order valence-corrected chi connectivity index (χ1v) is 7.28. The summed E-state index contributed by atoms with van der Waals surface area (Å²) < 4.78 is 35.8. The number of rotatable bonds is 4. The highest BCUT2D eigenvalue weighted by atomic mass is 35.5. The molecule has 0 amide bonds. The highest BCUT2D eigenvalue weighted by Gasteiger charge is 2.24. The van der Waals surface area contributed by atoms with Crippen molar-refractivity contribution in [3.8, 4) is 0 Å². The molecule has 1 rings (SSSR count). The minimum atomic E-state index is -3.19. The van der Waals surface area contributed by atoms with Gasteiger partial charge in [-0.1, -0.05) is 18.2 Å². The molecule has 1 aromatic carbocycles. The van der Waals surface area contributed by atoms with E-state index in [9.17, 15) is 12.8 Å². The van der Waals surface area contributed by atoms with Gasteiger partial charge in [-0.25, -0.2) is 12.8 Å². The molecule has 0 heterocycles. The summed E-state index contributed by atoms with van der Waals surface area (Å²) in [5, 5.41) is -1.30. The predicted octanol–water partition coefficient (Wildman–Crippen LogP) is 2.41. The Balaban J connectivity index is 2.80. The second-order valence-corrected chi connectivity index (χ2v) is 6.81. The zero-order valence-electron chi connectivity index (χ0n) is 9.15. The molecule has 0 aliphatic carbocycles. The molecule has 2 unspecified atom stereocenters. The van der Waals surface area contributed by atoms with Crippen LogP contribution in [0.2, 0.25) is 0 Å². The van der Waals surface area contributed by atoms with Crippen LogP contribution in [-0.4, -0.2) is 25.3 Å². The molecular weight excluding hydrogens is 251 g/mol. The van der Waals surface area contributed by atoms with E-state index in [1.807, 2.05) is 0 Å². The van der Waals surface area contributed by atoms with Crippen molar-refractivity contribution >= 4 is 21.4 Å². The van der Waals surface area contributed by atoms with E-state index in [1.165, 1.54) is 13.0 Å². The molecule has 0 aliphatic heterocycles. The fourth-order valence-electron chi connectivity index (χ4n) is 1.31. The molecule has 0 aliphatic rings. The summed E-state index contributed by atoms with van der Waals surface area (Å²) in [4.78, 5) is 0. The topological polar surface area (TPSA) is 34.1 Å². The van der Waals surface area contributed by atoms with Crippen LogP contribution in [0.4, 0.5) is 4.39 Å². The molecule has 90 valence electrons. The summed E-state index contributed by atoms with van der Waals surface area (Å²) >= 11 is 5.98. The SMILES string of the molecule is CC(C(Cl)Cc1ccccc1F)S(C)(=O)=O. The van der Waals surface area contributed by atoms with Gasteiger partial charge in [0.05, 0.1) is 10.6 Å². The Kier molecular flexibility index (Phi) is 4.33. The lowest BCUT2D eigenvalue weighted by Crippen LogP contribution is -2.28. The third-order valence-corrected chi connectivity index (χ3v) is 4.92. The molecule has 0 saturated carbocycles. The summed E-state index contributed by atoms with van der Waals surface area (Å²) in [7, 11) is -3.19. The van der Waals surface area contributed by atoms with Gasteiger partial charge in [0, 0.05) is 6.26 Å². The van der Waals surface area contributed by atoms with E-state index in [0.717, 1.165) is 6.26 Å². The first-order valence-electron chi connectivity index (χ1n) is 4.88. The molecule has 1 aromatic rings. The van der Waals surface area contributed by atoms with Crippen LogP contribution in [-0.2, 0) is 16.3 Å². The van der Waals surface area contributed by atoms with Gasteiger partial charge in [-0.15, -0.1) is 11.6 Å². The summed E-state index contributed by atoms with van der Waals surface area (Å²) in [6.45, 7) is 1.54. The van der Waals surface area contributed by atoms with E-state index in [-0.39, 0.29) is 12.2 Å². The molecule has 5 heteroatoms. The van der Waals surface area contributed by atoms with E-state index >= 15 is 0 Å². The number of sulfone groups is 1. The Labute approximate surface area is 100 Å². The minimum Gasteiger partial charge on any atom is -0.229 e. The third-order valence-electron chi connectivity index (χ3n) is 2.56. The predicted molar refractivity (Wildman–Crippen MR) is 64.1 cm³/mol. The highest BCUT2D eigenvalue weighted by Crippen LogP contribution is 2.18. The van der Waals surface area contributed by atoms with E-state index in [4.69, 9.17) is 11.6 Å². The first-order chi connectivity index (χ1) is 7.32. The lowest BCUT2D eigenvalue weighted by atomic mass is 10.1. The van der Waals surface area contributed by atoms with Gasteiger partial charge in [0.2, 0.25) is 0 Å². The van der Waals surface area contributed by atoms with Crippen LogP contribution in [0.3, 0.4) is 0 Å². The van der Waals surface area contributed by atoms with E-state index < -0.39 is 20.5 Å². The van der Waals surface area contributed by atoms with Gasteiger partial charge in [-0.3, -0.25) is 0 Å². The fourth-order valence-corrected chi connectivity index (χ4v) is 2.67.